The van der Waals surface area contributed by atoms with Crippen LogP contribution in [0.15, 0.2) is 22.7 Å². The van der Waals surface area contributed by atoms with Crippen molar-refractivity contribution in [3.8, 4) is 0 Å². The van der Waals surface area contributed by atoms with Gasteiger partial charge in [-0.05, 0) is 70.8 Å². The predicted octanol–water partition coefficient (Wildman–Crippen LogP) is 5.57. The van der Waals surface area contributed by atoms with Crippen molar-refractivity contribution in [1.29, 1.82) is 0 Å². The molecule has 120 valence electrons. The quantitative estimate of drug-likeness (QED) is 0.672. The lowest BCUT2D eigenvalue weighted by Gasteiger charge is -2.31. The van der Waals surface area contributed by atoms with Crippen LogP contribution in [0.1, 0.15) is 53.0 Å². The van der Waals surface area contributed by atoms with E-state index >= 15 is 0 Å². The molecule has 0 spiro atoms. The van der Waals surface area contributed by atoms with Crippen LogP contribution < -0.4 is 5.32 Å². The molecule has 2 atom stereocenters. The highest BCUT2D eigenvalue weighted by molar-refractivity contribution is 9.10. The molecule has 0 radical (unpaired) electrons. The Morgan fingerprint density at radius 1 is 1.29 bits per heavy atom. The summed E-state index contributed by atoms with van der Waals surface area (Å²) < 4.78 is 13.9. The van der Waals surface area contributed by atoms with Crippen LogP contribution in [0.2, 0.25) is 0 Å². The second-order valence-corrected chi connectivity index (χ2v) is 7.96. The van der Waals surface area contributed by atoms with Gasteiger partial charge in [-0.1, -0.05) is 40.7 Å². The van der Waals surface area contributed by atoms with Crippen LogP contribution in [-0.4, -0.2) is 12.6 Å². The minimum Gasteiger partial charge on any atom is -0.314 e. The Labute approximate surface area is 137 Å². The summed E-state index contributed by atoms with van der Waals surface area (Å²) >= 11 is 3.28. The van der Waals surface area contributed by atoms with E-state index in [0.29, 0.717) is 21.8 Å². The lowest BCUT2D eigenvalue weighted by atomic mass is 9.78. The first-order valence-electron chi connectivity index (χ1n) is 7.91. The standard InChI is InChI=1S/C18H29BrFN/c1-6-9-21-15(10-13(2)18(3,4)5)11-14-7-8-17(20)16(19)12-14/h7-8,12-13,15,21H,6,9-11H2,1-5H3. The molecule has 1 rings (SSSR count). The third kappa shape index (κ3) is 6.48. The molecule has 0 heterocycles. The van der Waals surface area contributed by atoms with Crippen molar-refractivity contribution < 1.29 is 4.39 Å². The molecule has 0 aromatic heterocycles. The SMILES string of the molecule is CCCNC(Cc1ccc(F)c(Br)c1)CC(C)C(C)(C)C. The zero-order chi connectivity index (χ0) is 16.0. The van der Waals surface area contributed by atoms with Gasteiger partial charge in [0.25, 0.3) is 0 Å². The first-order chi connectivity index (χ1) is 9.74. The molecule has 0 amide bonds. The van der Waals surface area contributed by atoms with Gasteiger partial charge in [-0.3, -0.25) is 0 Å². The van der Waals surface area contributed by atoms with Crippen molar-refractivity contribution in [1.82, 2.24) is 5.32 Å². The summed E-state index contributed by atoms with van der Waals surface area (Å²) in [6.45, 7) is 12.4. The van der Waals surface area contributed by atoms with Crippen molar-refractivity contribution >= 4 is 15.9 Å². The first kappa shape index (κ1) is 18.6. The number of benzene rings is 1. The molecule has 0 aliphatic rings. The summed E-state index contributed by atoms with van der Waals surface area (Å²) in [5, 5.41) is 3.65. The molecule has 0 aliphatic heterocycles. The zero-order valence-corrected chi connectivity index (χ0v) is 15.6. The zero-order valence-electron chi connectivity index (χ0n) is 14.0. The van der Waals surface area contributed by atoms with Gasteiger partial charge in [0.15, 0.2) is 0 Å². The summed E-state index contributed by atoms with van der Waals surface area (Å²) in [4.78, 5) is 0. The van der Waals surface area contributed by atoms with E-state index in [-0.39, 0.29) is 5.82 Å². The second-order valence-electron chi connectivity index (χ2n) is 7.11. The molecule has 1 aromatic rings. The highest BCUT2D eigenvalue weighted by Gasteiger charge is 2.23. The molecular weight excluding hydrogens is 329 g/mol. The van der Waals surface area contributed by atoms with Crippen LogP contribution in [0, 0.1) is 17.2 Å². The van der Waals surface area contributed by atoms with Crippen molar-refractivity contribution in [2.24, 2.45) is 11.3 Å². The number of hydrogen-bond acceptors (Lipinski definition) is 1. The van der Waals surface area contributed by atoms with E-state index in [9.17, 15) is 4.39 Å². The van der Waals surface area contributed by atoms with Gasteiger partial charge in [-0.15, -0.1) is 0 Å². The maximum Gasteiger partial charge on any atom is 0.137 e. The fraction of sp³-hybridized carbons (Fsp3) is 0.667. The van der Waals surface area contributed by atoms with Gasteiger partial charge in [-0.2, -0.15) is 0 Å². The summed E-state index contributed by atoms with van der Waals surface area (Å²) in [6, 6.07) is 5.78. The number of hydrogen-bond donors (Lipinski definition) is 1. The molecule has 1 N–H and O–H groups in total. The molecular formula is C18H29BrFN. The van der Waals surface area contributed by atoms with E-state index in [0.717, 1.165) is 25.8 Å². The van der Waals surface area contributed by atoms with E-state index < -0.39 is 0 Å². The normalized spacial score (nSPS) is 15.0. The maximum absolute atomic E-state index is 13.3. The Morgan fingerprint density at radius 3 is 2.48 bits per heavy atom. The van der Waals surface area contributed by atoms with Crippen LogP contribution in [-0.2, 0) is 6.42 Å². The molecule has 1 aromatic carbocycles. The van der Waals surface area contributed by atoms with Gasteiger partial charge in [-0.25, -0.2) is 4.39 Å². The monoisotopic (exact) mass is 357 g/mol. The maximum atomic E-state index is 13.3. The van der Waals surface area contributed by atoms with Crippen molar-refractivity contribution in [2.75, 3.05) is 6.54 Å². The third-order valence-corrected chi connectivity index (χ3v) is 4.87. The molecule has 3 heteroatoms. The molecule has 1 nitrogen and oxygen atoms in total. The highest BCUT2D eigenvalue weighted by atomic mass is 79.9. The summed E-state index contributed by atoms with van der Waals surface area (Å²) in [6.07, 6.45) is 3.21. The van der Waals surface area contributed by atoms with Gasteiger partial charge < -0.3 is 5.32 Å². The third-order valence-electron chi connectivity index (χ3n) is 4.27. The minimum absolute atomic E-state index is 0.195. The Morgan fingerprint density at radius 2 is 1.95 bits per heavy atom. The van der Waals surface area contributed by atoms with Crippen LogP contribution in [0.5, 0.6) is 0 Å². The van der Waals surface area contributed by atoms with Gasteiger partial charge in [0.2, 0.25) is 0 Å². The Hall–Kier alpha value is -0.410. The van der Waals surface area contributed by atoms with Gasteiger partial charge >= 0.3 is 0 Å². The largest absolute Gasteiger partial charge is 0.314 e. The first-order valence-corrected chi connectivity index (χ1v) is 8.70. The smallest absolute Gasteiger partial charge is 0.137 e. The second kappa shape index (κ2) is 8.28. The topological polar surface area (TPSA) is 12.0 Å². The van der Waals surface area contributed by atoms with E-state index in [2.05, 4.69) is 55.9 Å². The fourth-order valence-electron chi connectivity index (χ4n) is 2.32. The fourth-order valence-corrected chi connectivity index (χ4v) is 2.74. The van der Waals surface area contributed by atoms with Crippen molar-refractivity contribution in [3.05, 3.63) is 34.1 Å². The van der Waals surface area contributed by atoms with Gasteiger partial charge in [0.1, 0.15) is 5.82 Å². The molecule has 21 heavy (non-hydrogen) atoms. The molecule has 0 fully saturated rings. The van der Waals surface area contributed by atoms with E-state index in [1.54, 1.807) is 6.07 Å². The summed E-state index contributed by atoms with van der Waals surface area (Å²) in [7, 11) is 0. The number of nitrogens with one attached hydrogen (secondary N) is 1. The predicted molar refractivity (Wildman–Crippen MR) is 93.1 cm³/mol. The minimum atomic E-state index is -0.195. The molecule has 2 unspecified atom stereocenters. The molecule has 0 aliphatic carbocycles. The van der Waals surface area contributed by atoms with Gasteiger partial charge in [0, 0.05) is 6.04 Å². The van der Waals surface area contributed by atoms with Crippen LogP contribution in [0.3, 0.4) is 0 Å². The van der Waals surface area contributed by atoms with E-state index in [4.69, 9.17) is 0 Å². The van der Waals surface area contributed by atoms with Gasteiger partial charge in [0.05, 0.1) is 4.47 Å². The average molecular weight is 358 g/mol. The van der Waals surface area contributed by atoms with Crippen LogP contribution in [0.4, 0.5) is 4.39 Å². The number of rotatable bonds is 7. The van der Waals surface area contributed by atoms with E-state index in [1.807, 2.05) is 12.1 Å². The molecule has 0 bridgehead atoms. The Bertz CT molecular complexity index is 439. The molecule has 0 saturated heterocycles. The van der Waals surface area contributed by atoms with Crippen molar-refractivity contribution in [2.45, 2.75) is 59.9 Å². The summed E-state index contributed by atoms with van der Waals surface area (Å²) in [5.41, 5.74) is 1.49. The lowest BCUT2D eigenvalue weighted by molar-refractivity contribution is 0.222. The number of halogens is 2. The average Bonchev–Trinajstić information content (AvgIpc) is 2.39. The molecule has 0 saturated carbocycles. The van der Waals surface area contributed by atoms with Crippen LogP contribution in [0.25, 0.3) is 0 Å². The van der Waals surface area contributed by atoms with Crippen molar-refractivity contribution in [3.63, 3.8) is 0 Å². The highest BCUT2D eigenvalue weighted by Crippen LogP contribution is 2.30. The Kier molecular flexibility index (Phi) is 7.35. The lowest BCUT2D eigenvalue weighted by Crippen LogP contribution is -2.35. The van der Waals surface area contributed by atoms with Crippen LogP contribution >= 0.6 is 15.9 Å². The Balaban J connectivity index is 2.75. The summed E-state index contributed by atoms with van der Waals surface area (Å²) in [5.74, 6) is 0.440. The van der Waals surface area contributed by atoms with E-state index in [1.165, 1.54) is 5.56 Å².